The van der Waals surface area contributed by atoms with Crippen LogP contribution in [-0.2, 0) is 0 Å². The van der Waals surface area contributed by atoms with Crippen molar-refractivity contribution in [2.24, 2.45) is 11.3 Å². The Bertz CT molecular complexity index is 457. The zero-order valence-corrected chi connectivity index (χ0v) is 14.4. The van der Waals surface area contributed by atoms with Gasteiger partial charge in [-0.1, -0.05) is 58.0 Å². The summed E-state index contributed by atoms with van der Waals surface area (Å²) in [7, 11) is 0. The molecule has 2 unspecified atom stereocenters. The minimum atomic E-state index is -0.307. The molecule has 22 heavy (non-hydrogen) atoms. The third-order valence-electron chi connectivity index (χ3n) is 4.38. The molecule has 0 fully saturated rings. The van der Waals surface area contributed by atoms with Crippen LogP contribution in [0, 0.1) is 11.3 Å². The molecular formula is C18H30N2O2. The lowest BCUT2D eigenvalue weighted by atomic mass is 9.75. The van der Waals surface area contributed by atoms with Gasteiger partial charge in [0.2, 0.25) is 0 Å². The maximum absolute atomic E-state index is 12.0. The van der Waals surface area contributed by atoms with Crippen molar-refractivity contribution in [3.8, 4) is 0 Å². The Morgan fingerprint density at radius 2 is 1.77 bits per heavy atom. The van der Waals surface area contributed by atoms with Crippen LogP contribution < -0.4 is 10.6 Å². The van der Waals surface area contributed by atoms with Gasteiger partial charge in [-0.25, -0.2) is 4.79 Å². The molecule has 0 aliphatic rings. The number of rotatable bonds is 7. The number of aliphatic hydroxyl groups is 1. The molecule has 4 nitrogen and oxygen atoms in total. The first kappa shape index (κ1) is 18.5. The number of hydrogen-bond acceptors (Lipinski definition) is 2. The molecule has 124 valence electrons. The van der Waals surface area contributed by atoms with Gasteiger partial charge >= 0.3 is 6.03 Å². The lowest BCUT2D eigenvalue weighted by Gasteiger charge is -2.33. The van der Waals surface area contributed by atoms with E-state index in [4.69, 9.17) is 0 Å². The standard InChI is InChI=1S/C18H30N2O2/c1-13(2)14(3)20-17(22)19-11-16(18(4,5)12-21)15-9-7-6-8-10-15/h6-10,13-14,16,21H,11-12H2,1-5H3,(H2,19,20,22). The Labute approximate surface area is 134 Å². The lowest BCUT2D eigenvalue weighted by molar-refractivity contribution is 0.129. The summed E-state index contributed by atoms with van der Waals surface area (Å²) >= 11 is 0. The number of urea groups is 1. The molecule has 2 atom stereocenters. The van der Waals surface area contributed by atoms with Gasteiger partial charge < -0.3 is 15.7 Å². The molecule has 3 N–H and O–H groups in total. The minimum absolute atomic E-state index is 0.0545. The molecule has 0 aliphatic carbocycles. The molecule has 2 amide bonds. The Morgan fingerprint density at radius 3 is 2.27 bits per heavy atom. The lowest BCUT2D eigenvalue weighted by Crippen LogP contribution is -2.45. The van der Waals surface area contributed by atoms with Gasteiger partial charge in [0.25, 0.3) is 0 Å². The normalized spacial score (nSPS) is 14.5. The van der Waals surface area contributed by atoms with E-state index in [1.807, 2.05) is 51.1 Å². The molecule has 1 rings (SSSR count). The smallest absolute Gasteiger partial charge is 0.315 e. The van der Waals surface area contributed by atoms with Crippen molar-refractivity contribution >= 4 is 6.03 Å². The van der Waals surface area contributed by atoms with Gasteiger partial charge in [0, 0.05) is 25.1 Å². The Balaban J connectivity index is 2.73. The summed E-state index contributed by atoms with van der Waals surface area (Å²) in [6.45, 7) is 10.7. The largest absolute Gasteiger partial charge is 0.396 e. The van der Waals surface area contributed by atoms with E-state index < -0.39 is 0 Å². The third-order valence-corrected chi connectivity index (χ3v) is 4.38. The van der Waals surface area contributed by atoms with Gasteiger partial charge in [-0.05, 0) is 23.8 Å². The summed E-state index contributed by atoms with van der Waals surface area (Å²) < 4.78 is 0. The SMILES string of the molecule is CC(C)C(C)NC(=O)NCC(c1ccccc1)C(C)(C)CO. The predicted octanol–water partition coefficient (Wildman–Crippen LogP) is 3.13. The van der Waals surface area contributed by atoms with E-state index in [9.17, 15) is 9.90 Å². The molecule has 0 radical (unpaired) electrons. The second kappa shape index (κ2) is 8.18. The zero-order chi connectivity index (χ0) is 16.8. The number of carbonyl (C=O) groups is 1. The Kier molecular flexibility index (Phi) is 6.88. The highest BCUT2D eigenvalue weighted by Gasteiger charge is 2.30. The molecule has 0 heterocycles. The highest BCUT2D eigenvalue weighted by molar-refractivity contribution is 5.74. The molecular weight excluding hydrogens is 276 g/mol. The average Bonchev–Trinajstić information content (AvgIpc) is 2.48. The summed E-state index contributed by atoms with van der Waals surface area (Å²) in [6.07, 6.45) is 0. The summed E-state index contributed by atoms with van der Waals surface area (Å²) in [5.41, 5.74) is 0.817. The zero-order valence-electron chi connectivity index (χ0n) is 14.4. The van der Waals surface area contributed by atoms with Crippen LogP contribution in [0.25, 0.3) is 0 Å². The van der Waals surface area contributed by atoms with E-state index in [1.165, 1.54) is 0 Å². The maximum atomic E-state index is 12.0. The van der Waals surface area contributed by atoms with Gasteiger partial charge in [-0.3, -0.25) is 0 Å². The van der Waals surface area contributed by atoms with Crippen LogP contribution >= 0.6 is 0 Å². The molecule has 0 saturated heterocycles. The number of hydrogen-bond donors (Lipinski definition) is 3. The predicted molar refractivity (Wildman–Crippen MR) is 90.9 cm³/mol. The van der Waals surface area contributed by atoms with E-state index in [0.717, 1.165) is 5.56 Å². The van der Waals surface area contributed by atoms with E-state index in [1.54, 1.807) is 0 Å². The van der Waals surface area contributed by atoms with Crippen molar-refractivity contribution in [3.63, 3.8) is 0 Å². The molecule has 0 spiro atoms. The van der Waals surface area contributed by atoms with Crippen LogP contribution in [0.4, 0.5) is 4.79 Å². The maximum Gasteiger partial charge on any atom is 0.315 e. The van der Waals surface area contributed by atoms with E-state index in [0.29, 0.717) is 12.5 Å². The van der Waals surface area contributed by atoms with Crippen molar-refractivity contribution in [2.45, 2.75) is 46.6 Å². The summed E-state index contributed by atoms with van der Waals surface area (Å²) in [5, 5.41) is 15.6. The Morgan fingerprint density at radius 1 is 1.18 bits per heavy atom. The van der Waals surface area contributed by atoms with Crippen LogP contribution in [-0.4, -0.2) is 30.3 Å². The summed E-state index contributed by atoms with van der Waals surface area (Å²) in [4.78, 5) is 12.0. The third kappa shape index (κ3) is 5.34. The number of nitrogens with one attached hydrogen (secondary N) is 2. The average molecular weight is 306 g/mol. The van der Waals surface area contributed by atoms with Gasteiger partial charge in [0.05, 0.1) is 0 Å². The number of amides is 2. The van der Waals surface area contributed by atoms with E-state index in [2.05, 4.69) is 24.5 Å². The fourth-order valence-corrected chi connectivity index (χ4v) is 2.26. The van der Waals surface area contributed by atoms with Crippen LogP contribution in [0.5, 0.6) is 0 Å². The van der Waals surface area contributed by atoms with Crippen LogP contribution in [0.2, 0.25) is 0 Å². The first-order valence-electron chi connectivity index (χ1n) is 7.98. The second-order valence-electron chi connectivity index (χ2n) is 7.00. The first-order valence-corrected chi connectivity index (χ1v) is 7.98. The Hall–Kier alpha value is -1.55. The molecule has 4 heteroatoms. The van der Waals surface area contributed by atoms with E-state index >= 15 is 0 Å². The number of carbonyl (C=O) groups excluding carboxylic acids is 1. The number of benzene rings is 1. The van der Waals surface area contributed by atoms with E-state index in [-0.39, 0.29) is 30.0 Å². The van der Waals surface area contributed by atoms with Gasteiger partial charge in [-0.15, -0.1) is 0 Å². The fraction of sp³-hybridized carbons (Fsp3) is 0.611. The van der Waals surface area contributed by atoms with Crippen molar-refractivity contribution in [3.05, 3.63) is 35.9 Å². The molecule has 0 saturated carbocycles. The topological polar surface area (TPSA) is 61.4 Å². The summed E-state index contributed by atoms with van der Waals surface area (Å²) in [5.74, 6) is 0.448. The van der Waals surface area contributed by atoms with Crippen LogP contribution in [0.1, 0.15) is 46.1 Å². The molecule has 0 aromatic heterocycles. The summed E-state index contributed by atoms with van der Waals surface area (Å²) in [6, 6.07) is 9.98. The van der Waals surface area contributed by atoms with Crippen molar-refractivity contribution in [1.82, 2.24) is 10.6 Å². The number of aliphatic hydroxyl groups excluding tert-OH is 1. The fourth-order valence-electron chi connectivity index (χ4n) is 2.26. The quantitative estimate of drug-likeness (QED) is 0.725. The van der Waals surface area contributed by atoms with Crippen molar-refractivity contribution in [2.75, 3.05) is 13.2 Å². The molecule has 0 bridgehead atoms. The minimum Gasteiger partial charge on any atom is -0.396 e. The highest BCUT2D eigenvalue weighted by atomic mass is 16.3. The molecule has 1 aromatic carbocycles. The van der Waals surface area contributed by atoms with Gasteiger partial charge in [-0.2, -0.15) is 0 Å². The first-order chi connectivity index (χ1) is 10.3. The van der Waals surface area contributed by atoms with Crippen molar-refractivity contribution in [1.29, 1.82) is 0 Å². The highest BCUT2D eigenvalue weighted by Crippen LogP contribution is 2.34. The second-order valence-corrected chi connectivity index (χ2v) is 7.00. The van der Waals surface area contributed by atoms with Gasteiger partial charge in [0.15, 0.2) is 0 Å². The van der Waals surface area contributed by atoms with Crippen LogP contribution in [0.15, 0.2) is 30.3 Å². The van der Waals surface area contributed by atoms with Crippen molar-refractivity contribution < 1.29 is 9.90 Å². The molecule has 0 aliphatic heterocycles. The van der Waals surface area contributed by atoms with Crippen LogP contribution in [0.3, 0.4) is 0 Å². The monoisotopic (exact) mass is 306 g/mol. The van der Waals surface area contributed by atoms with Gasteiger partial charge in [0.1, 0.15) is 0 Å². The molecule has 1 aromatic rings.